The SMILES string of the molecule is O=C(Cn1cnnn1)NC1C(=O)N2C(C(=O)O)=C(C=CSc3cc(=O)c4ccccc4s3)CS[C@@H]12. The van der Waals surface area contributed by atoms with Crippen LogP contribution in [0, 0.1) is 0 Å². The van der Waals surface area contributed by atoms with Crippen molar-refractivity contribution in [2.75, 3.05) is 5.75 Å². The van der Waals surface area contributed by atoms with Gasteiger partial charge in [-0.05, 0) is 39.6 Å². The molecule has 4 heterocycles. The van der Waals surface area contributed by atoms with Gasteiger partial charge in [-0.25, -0.2) is 9.48 Å². The van der Waals surface area contributed by atoms with Gasteiger partial charge in [0.25, 0.3) is 5.91 Å². The Labute approximate surface area is 209 Å². The van der Waals surface area contributed by atoms with Crippen LogP contribution in [0.4, 0.5) is 0 Å². The third kappa shape index (κ3) is 4.59. The number of nitrogens with one attached hydrogen (secondary N) is 1. The Kier molecular flexibility index (Phi) is 6.40. The molecule has 0 aliphatic carbocycles. The second-order valence-corrected chi connectivity index (χ2v) is 10.9. The van der Waals surface area contributed by atoms with E-state index in [0.29, 0.717) is 16.7 Å². The number of rotatable bonds is 7. The molecule has 2 aliphatic rings. The zero-order valence-electron chi connectivity index (χ0n) is 17.7. The highest BCUT2D eigenvalue weighted by atomic mass is 32.2. The van der Waals surface area contributed by atoms with Crippen LogP contribution in [0.1, 0.15) is 0 Å². The monoisotopic (exact) mass is 528 g/mol. The summed E-state index contributed by atoms with van der Waals surface area (Å²) in [4.78, 5) is 50.5. The molecule has 35 heavy (non-hydrogen) atoms. The number of amides is 2. The lowest BCUT2D eigenvalue weighted by atomic mass is 10.0. The molecule has 0 spiro atoms. The van der Waals surface area contributed by atoms with Gasteiger partial charge >= 0.3 is 5.97 Å². The molecule has 178 valence electrons. The van der Waals surface area contributed by atoms with Crippen molar-refractivity contribution in [2.24, 2.45) is 0 Å². The van der Waals surface area contributed by atoms with Crippen LogP contribution in [-0.4, -0.2) is 65.2 Å². The van der Waals surface area contributed by atoms with E-state index < -0.39 is 29.2 Å². The highest BCUT2D eigenvalue weighted by Gasteiger charge is 2.53. The molecule has 5 rings (SSSR count). The molecule has 14 heteroatoms. The van der Waals surface area contributed by atoms with Gasteiger partial charge in [0.15, 0.2) is 5.43 Å². The van der Waals surface area contributed by atoms with Gasteiger partial charge in [0.05, 0.1) is 4.21 Å². The second-order valence-electron chi connectivity index (χ2n) is 7.49. The maximum absolute atomic E-state index is 12.7. The number of fused-ring (bicyclic) bond motifs is 2. The minimum absolute atomic E-state index is 0.0731. The van der Waals surface area contributed by atoms with Gasteiger partial charge in [-0.15, -0.1) is 28.2 Å². The van der Waals surface area contributed by atoms with Crippen LogP contribution in [0.3, 0.4) is 0 Å². The van der Waals surface area contributed by atoms with E-state index in [2.05, 4.69) is 20.8 Å². The lowest BCUT2D eigenvalue weighted by molar-refractivity contribution is -0.150. The lowest BCUT2D eigenvalue weighted by Gasteiger charge is -2.49. The normalized spacial score (nSPS) is 19.7. The van der Waals surface area contributed by atoms with Crippen molar-refractivity contribution < 1.29 is 19.5 Å². The molecule has 2 atom stereocenters. The number of β-lactam (4-membered cyclic amide) rings is 1. The largest absolute Gasteiger partial charge is 0.477 e. The molecule has 2 aliphatic heterocycles. The summed E-state index contributed by atoms with van der Waals surface area (Å²) in [6.07, 6.45) is 2.93. The van der Waals surface area contributed by atoms with Crippen molar-refractivity contribution in [1.29, 1.82) is 0 Å². The molecule has 2 aromatic heterocycles. The van der Waals surface area contributed by atoms with Gasteiger partial charge in [0, 0.05) is 21.9 Å². The number of tetrazole rings is 1. The third-order valence-electron chi connectivity index (χ3n) is 5.28. The number of carboxylic acid groups (broad SMARTS) is 1. The van der Waals surface area contributed by atoms with Gasteiger partial charge in [0.1, 0.15) is 30.0 Å². The number of thioether (sulfide) groups is 2. The minimum Gasteiger partial charge on any atom is -0.477 e. The summed E-state index contributed by atoms with van der Waals surface area (Å²) in [7, 11) is 0. The lowest BCUT2D eigenvalue weighted by Crippen LogP contribution is -2.70. The van der Waals surface area contributed by atoms with E-state index in [1.165, 1.54) is 50.8 Å². The first-order valence-electron chi connectivity index (χ1n) is 10.2. The molecule has 2 N–H and O–H groups in total. The zero-order chi connectivity index (χ0) is 24.5. The molecule has 1 unspecified atom stereocenters. The number of aliphatic carboxylic acids is 1. The van der Waals surface area contributed by atoms with Crippen molar-refractivity contribution in [3.63, 3.8) is 0 Å². The third-order valence-corrected chi connectivity index (χ3v) is 8.64. The number of hydrogen-bond donors (Lipinski definition) is 2. The molecular weight excluding hydrogens is 512 g/mol. The average molecular weight is 529 g/mol. The first-order valence-corrected chi connectivity index (χ1v) is 12.9. The van der Waals surface area contributed by atoms with Gasteiger partial charge in [-0.1, -0.05) is 23.9 Å². The molecular formula is C21H16N6O5S3. The molecule has 1 saturated heterocycles. The van der Waals surface area contributed by atoms with Crippen molar-refractivity contribution in [2.45, 2.75) is 22.2 Å². The van der Waals surface area contributed by atoms with E-state index in [9.17, 15) is 24.3 Å². The number of allylic oxidation sites excluding steroid dienone is 1. The van der Waals surface area contributed by atoms with Crippen molar-refractivity contribution in [1.82, 2.24) is 30.4 Å². The van der Waals surface area contributed by atoms with Gasteiger partial charge in [0.2, 0.25) is 5.91 Å². The molecule has 0 radical (unpaired) electrons. The number of benzene rings is 1. The standard InChI is InChI=1S/C21H16N6O5S3/c28-13-7-16(35-14-4-2-1-3-12(13)14)33-6-5-11-9-34-20-17(19(30)27(20)18(11)21(31)32)23-15(29)8-26-10-22-24-25-26/h1-7,10,17,20H,8-9H2,(H,23,29)(H,31,32)/t17?,20-/m0/s1. The minimum atomic E-state index is -1.22. The van der Waals surface area contributed by atoms with E-state index in [1.54, 1.807) is 23.6 Å². The predicted octanol–water partition coefficient (Wildman–Crippen LogP) is 1.29. The van der Waals surface area contributed by atoms with Crippen LogP contribution >= 0.6 is 34.9 Å². The van der Waals surface area contributed by atoms with Crippen LogP contribution in [-0.2, 0) is 20.9 Å². The summed E-state index contributed by atoms with van der Waals surface area (Å²) in [5, 5.41) is 24.8. The fourth-order valence-corrected chi connectivity index (χ4v) is 7.01. The molecule has 0 bridgehead atoms. The van der Waals surface area contributed by atoms with Crippen molar-refractivity contribution in [3.8, 4) is 0 Å². The first kappa shape index (κ1) is 23.3. The number of carbonyl (C=O) groups is 3. The molecule has 1 aromatic carbocycles. The van der Waals surface area contributed by atoms with Crippen LogP contribution < -0.4 is 10.7 Å². The van der Waals surface area contributed by atoms with Crippen molar-refractivity contribution >= 4 is 62.7 Å². The fourth-order valence-electron chi connectivity index (χ4n) is 3.71. The topological polar surface area (TPSA) is 147 Å². The number of carbonyl (C=O) groups excluding carboxylic acids is 2. The number of nitrogens with zero attached hydrogens (tertiary/aromatic N) is 5. The van der Waals surface area contributed by atoms with Crippen LogP contribution in [0.2, 0.25) is 0 Å². The summed E-state index contributed by atoms with van der Waals surface area (Å²) in [5.41, 5.74) is 0.301. The molecule has 2 amide bonds. The summed E-state index contributed by atoms with van der Waals surface area (Å²) in [5.74, 6) is -1.81. The Balaban J connectivity index is 1.30. The second kappa shape index (κ2) is 9.64. The summed E-state index contributed by atoms with van der Waals surface area (Å²) >= 11 is 4.15. The molecule has 1 fully saturated rings. The van der Waals surface area contributed by atoms with E-state index in [1.807, 2.05) is 18.2 Å². The Hall–Kier alpha value is -3.49. The van der Waals surface area contributed by atoms with E-state index in [-0.39, 0.29) is 17.7 Å². The fraction of sp³-hybridized carbons (Fsp3) is 0.190. The summed E-state index contributed by atoms with van der Waals surface area (Å²) in [6, 6.07) is 8.08. The van der Waals surface area contributed by atoms with Crippen LogP contribution in [0.25, 0.3) is 10.1 Å². The quantitative estimate of drug-likeness (QED) is 0.340. The Morgan fingerprint density at radius 2 is 2.11 bits per heavy atom. The Morgan fingerprint density at radius 3 is 2.89 bits per heavy atom. The van der Waals surface area contributed by atoms with Gasteiger partial charge < -0.3 is 10.4 Å². The number of carboxylic acids is 1. The summed E-state index contributed by atoms with van der Waals surface area (Å²) < 4.78 is 2.87. The predicted molar refractivity (Wildman–Crippen MR) is 131 cm³/mol. The average Bonchev–Trinajstić information content (AvgIpc) is 3.35. The maximum atomic E-state index is 12.7. The first-order chi connectivity index (χ1) is 16.9. The zero-order valence-corrected chi connectivity index (χ0v) is 20.2. The smallest absolute Gasteiger partial charge is 0.352 e. The van der Waals surface area contributed by atoms with Gasteiger partial charge in [-0.2, -0.15) is 0 Å². The Morgan fingerprint density at radius 1 is 1.29 bits per heavy atom. The van der Waals surface area contributed by atoms with E-state index >= 15 is 0 Å². The number of aromatic nitrogens is 4. The van der Waals surface area contributed by atoms with Crippen LogP contribution in [0.5, 0.6) is 0 Å². The van der Waals surface area contributed by atoms with Crippen LogP contribution in [0.15, 0.2) is 68.4 Å². The highest BCUT2D eigenvalue weighted by molar-refractivity contribution is 8.04. The molecule has 11 nitrogen and oxygen atoms in total. The van der Waals surface area contributed by atoms with E-state index in [0.717, 1.165) is 8.91 Å². The maximum Gasteiger partial charge on any atom is 0.352 e. The van der Waals surface area contributed by atoms with Gasteiger partial charge in [-0.3, -0.25) is 19.3 Å². The molecule has 3 aromatic rings. The Bertz CT molecular complexity index is 1450. The van der Waals surface area contributed by atoms with Crippen molar-refractivity contribution in [3.05, 3.63) is 69.6 Å². The highest BCUT2D eigenvalue weighted by Crippen LogP contribution is 2.41. The van der Waals surface area contributed by atoms with E-state index in [4.69, 9.17) is 0 Å². The number of hydrogen-bond acceptors (Lipinski definition) is 10. The summed E-state index contributed by atoms with van der Waals surface area (Å²) in [6.45, 7) is -0.151. The molecule has 0 saturated carbocycles.